The van der Waals surface area contributed by atoms with Crippen molar-refractivity contribution in [3.05, 3.63) is 48.0 Å². The zero-order valence-electron chi connectivity index (χ0n) is 11.8. The first-order valence-corrected chi connectivity index (χ1v) is 6.78. The van der Waals surface area contributed by atoms with Crippen LogP contribution in [0, 0.1) is 0 Å². The molecular formula is C17H19NO2. The maximum Gasteiger partial charge on any atom is 0.217 e. The molecule has 0 spiro atoms. The lowest BCUT2D eigenvalue weighted by Gasteiger charge is -2.10. The molecule has 0 saturated heterocycles. The molecule has 0 aliphatic rings. The fourth-order valence-corrected chi connectivity index (χ4v) is 2.11. The molecule has 0 saturated carbocycles. The number of benzene rings is 2. The van der Waals surface area contributed by atoms with Crippen LogP contribution in [0.3, 0.4) is 0 Å². The van der Waals surface area contributed by atoms with Gasteiger partial charge < -0.3 is 10.1 Å². The van der Waals surface area contributed by atoms with Gasteiger partial charge in [0.05, 0.1) is 6.61 Å². The SMILES string of the molecule is CCOc1ccc2ccccc2c1C=CCNC(C)=O. The van der Waals surface area contributed by atoms with E-state index >= 15 is 0 Å². The van der Waals surface area contributed by atoms with Crippen LogP contribution in [0.15, 0.2) is 42.5 Å². The lowest BCUT2D eigenvalue weighted by Crippen LogP contribution is -2.19. The molecule has 2 aromatic rings. The number of hydrogen-bond donors (Lipinski definition) is 1. The molecule has 1 amide bonds. The molecule has 2 aromatic carbocycles. The van der Waals surface area contributed by atoms with E-state index in [-0.39, 0.29) is 5.91 Å². The van der Waals surface area contributed by atoms with Gasteiger partial charge in [0.15, 0.2) is 0 Å². The Balaban J connectivity index is 2.36. The fraction of sp³-hybridized carbons (Fsp3) is 0.235. The van der Waals surface area contributed by atoms with Gasteiger partial charge in [0.2, 0.25) is 5.91 Å². The smallest absolute Gasteiger partial charge is 0.217 e. The molecule has 0 heterocycles. The Bertz CT molecular complexity index is 632. The maximum atomic E-state index is 10.9. The van der Waals surface area contributed by atoms with Crippen LogP contribution in [-0.4, -0.2) is 19.1 Å². The minimum Gasteiger partial charge on any atom is -0.493 e. The Morgan fingerprint density at radius 2 is 2.05 bits per heavy atom. The molecule has 0 atom stereocenters. The van der Waals surface area contributed by atoms with Crippen LogP contribution in [0.4, 0.5) is 0 Å². The van der Waals surface area contributed by atoms with Crippen molar-refractivity contribution in [2.45, 2.75) is 13.8 Å². The van der Waals surface area contributed by atoms with Crippen molar-refractivity contribution in [1.29, 1.82) is 0 Å². The molecule has 0 fully saturated rings. The largest absolute Gasteiger partial charge is 0.493 e. The van der Waals surface area contributed by atoms with E-state index in [1.807, 2.05) is 37.3 Å². The molecular weight excluding hydrogens is 250 g/mol. The molecule has 0 radical (unpaired) electrons. The van der Waals surface area contributed by atoms with Crippen molar-refractivity contribution >= 4 is 22.8 Å². The standard InChI is InChI=1S/C17H19NO2/c1-3-20-17-11-10-14-7-4-5-8-15(14)16(17)9-6-12-18-13(2)19/h4-11H,3,12H2,1-2H3,(H,18,19). The summed E-state index contributed by atoms with van der Waals surface area (Å²) >= 11 is 0. The van der Waals surface area contributed by atoms with Gasteiger partial charge in [-0.15, -0.1) is 0 Å². The molecule has 3 heteroatoms. The summed E-state index contributed by atoms with van der Waals surface area (Å²) in [4.78, 5) is 10.9. The number of rotatable bonds is 5. The first-order valence-electron chi connectivity index (χ1n) is 6.78. The number of hydrogen-bond acceptors (Lipinski definition) is 2. The van der Waals surface area contributed by atoms with Crippen molar-refractivity contribution in [1.82, 2.24) is 5.32 Å². The van der Waals surface area contributed by atoms with Gasteiger partial charge in [-0.25, -0.2) is 0 Å². The predicted octanol–water partition coefficient (Wildman–Crippen LogP) is 3.39. The number of fused-ring (bicyclic) bond motifs is 1. The van der Waals surface area contributed by atoms with E-state index in [0.717, 1.165) is 16.7 Å². The van der Waals surface area contributed by atoms with E-state index < -0.39 is 0 Å². The molecule has 0 aliphatic heterocycles. The second kappa shape index (κ2) is 6.75. The Morgan fingerprint density at radius 3 is 2.80 bits per heavy atom. The molecule has 0 aromatic heterocycles. The quantitative estimate of drug-likeness (QED) is 0.903. The minimum absolute atomic E-state index is 0.0300. The Hall–Kier alpha value is -2.29. The van der Waals surface area contributed by atoms with Gasteiger partial charge in [0.1, 0.15) is 5.75 Å². The molecule has 3 nitrogen and oxygen atoms in total. The minimum atomic E-state index is -0.0300. The number of carbonyl (C=O) groups excluding carboxylic acids is 1. The van der Waals surface area contributed by atoms with E-state index in [4.69, 9.17) is 4.74 Å². The number of ether oxygens (including phenoxy) is 1. The highest BCUT2D eigenvalue weighted by Gasteiger charge is 2.05. The molecule has 20 heavy (non-hydrogen) atoms. The van der Waals surface area contributed by atoms with Gasteiger partial charge in [-0.1, -0.05) is 42.5 Å². The van der Waals surface area contributed by atoms with Crippen LogP contribution >= 0.6 is 0 Å². The van der Waals surface area contributed by atoms with Crippen LogP contribution in [0.25, 0.3) is 16.8 Å². The molecule has 104 valence electrons. The van der Waals surface area contributed by atoms with Crippen LogP contribution in [0.1, 0.15) is 19.4 Å². The third-order valence-corrected chi connectivity index (χ3v) is 2.98. The fourth-order valence-electron chi connectivity index (χ4n) is 2.11. The monoisotopic (exact) mass is 269 g/mol. The van der Waals surface area contributed by atoms with Gasteiger partial charge in [-0.2, -0.15) is 0 Å². The highest BCUT2D eigenvalue weighted by molar-refractivity contribution is 5.93. The van der Waals surface area contributed by atoms with Gasteiger partial charge >= 0.3 is 0 Å². The van der Waals surface area contributed by atoms with Crippen LogP contribution in [0.5, 0.6) is 5.75 Å². The Kier molecular flexibility index (Phi) is 4.77. The number of nitrogens with one attached hydrogen (secondary N) is 1. The van der Waals surface area contributed by atoms with Crippen LogP contribution < -0.4 is 10.1 Å². The average molecular weight is 269 g/mol. The van der Waals surface area contributed by atoms with Gasteiger partial charge in [0.25, 0.3) is 0 Å². The lowest BCUT2D eigenvalue weighted by molar-refractivity contribution is -0.118. The van der Waals surface area contributed by atoms with E-state index in [1.165, 1.54) is 12.3 Å². The summed E-state index contributed by atoms with van der Waals surface area (Å²) < 4.78 is 5.68. The van der Waals surface area contributed by atoms with Gasteiger partial charge in [-0.3, -0.25) is 4.79 Å². The highest BCUT2D eigenvalue weighted by atomic mass is 16.5. The zero-order valence-corrected chi connectivity index (χ0v) is 11.8. The molecule has 2 rings (SSSR count). The Labute approximate surface area is 119 Å². The summed E-state index contributed by atoms with van der Waals surface area (Å²) in [6.07, 6.45) is 3.94. The molecule has 1 N–H and O–H groups in total. The summed E-state index contributed by atoms with van der Waals surface area (Å²) in [5.41, 5.74) is 1.05. The van der Waals surface area contributed by atoms with Crippen molar-refractivity contribution < 1.29 is 9.53 Å². The first kappa shape index (κ1) is 14.1. The molecule has 0 bridgehead atoms. The third-order valence-electron chi connectivity index (χ3n) is 2.98. The lowest BCUT2D eigenvalue weighted by atomic mass is 10.0. The third kappa shape index (κ3) is 3.38. The van der Waals surface area contributed by atoms with E-state index in [0.29, 0.717) is 13.2 Å². The Morgan fingerprint density at radius 1 is 1.25 bits per heavy atom. The number of carbonyl (C=O) groups is 1. The van der Waals surface area contributed by atoms with Crippen molar-refractivity contribution in [3.8, 4) is 5.75 Å². The van der Waals surface area contributed by atoms with Crippen LogP contribution in [0.2, 0.25) is 0 Å². The summed E-state index contributed by atoms with van der Waals surface area (Å²) in [7, 11) is 0. The molecule has 0 aliphatic carbocycles. The summed E-state index contributed by atoms with van der Waals surface area (Å²) in [6, 6.07) is 12.2. The molecule has 0 unspecified atom stereocenters. The van der Waals surface area contributed by atoms with E-state index in [2.05, 4.69) is 23.5 Å². The van der Waals surface area contributed by atoms with Crippen molar-refractivity contribution in [2.24, 2.45) is 0 Å². The highest BCUT2D eigenvalue weighted by Crippen LogP contribution is 2.29. The van der Waals surface area contributed by atoms with Crippen LogP contribution in [-0.2, 0) is 4.79 Å². The predicted molar refractivity (Wildman–Crippen MR) is 82.8 cm³/mol. The topological polar surface area (TPSA) is 38.3 Å². The van der Waals surface area contributed by atoms with Crippen molar-refractivity contribution in [2.75, 3.05) is 13.2 Å². The average Bonchev–Trinajstić information content (AvgIpc) is 2.45. The number of amides is 1. The van der Waals surface area contributed by atoms with E-state index in [1.54, 1.807) is 0 Å². The summed E-state index contributed by atoms with van der Waals surface area (Å²) in [5, 5.41) is 5.08. The second-order valence-electron chi connectivity index (χ2n) is 4.47. The summed E-state index contributed by atoms with van der Waals surface area (Å²) in [6.45, 7) is 4.63. The first-order chi connectivity index (χ1) is 9.72. The van der Waals surface area contributed by atoms with E-state index in [9.17, 15) is 4.79 Å². The van der Waals surface area contributed by atoms with Gasteiger partial charge in [0, 0.05) is 19.0 Å². The normalized spacial score (nSPS) is 10.9. The van der Waals surface area contributed by atoms with Gasteiger partial charge in [-0.05, 0) is 23.8 Å². The summed E-state index contributed by atoms with van der Waals surface area (Å²) in [5.74, 6) is 0.836. The second-order valence-corrected chi connectivity index (χ2v) is 4.47. The zero-order chi connectivity index (χ0) is 14.4. The van der Waals surface area contributed by atoms with Crippen molar-refractivity contribution in [3.63, 3.8) is 0 Å². The maximum absolute atomic E-state index is 10.9.